The van der Waals surface area contributed by atoms with Gasteiger partial charge < -0.3 is 5.32 Å². The normalized spacial score (nSPS) is 10.5. The first-order chi connectivity index (χ1) is 11.0. The lowest BCUT2D eigenvalue weighted by Crippen LogP contribution is -2.34. The van der Waals surface area contributed by atoms with Gasteiger partial charge in [0, 0.05) is 10.0 Å². The van der Waals surface area contributed by atoms with E-state index in [0.29, 0.717) is 10.7 Å². The Balaban J connectivity index is 1.69. The summed E-state index contributed by atoms with van der Waals surface area (Å²) in [6.45, 7) is 2.04. The minimum atomic E-state index is -0.263. The summed E-state index contributed by atoms with van der Waals surface area (Å²) in [6, 6.07) is 13.2. The number of hydrogen-bond acceptors (Lipinski definition) is 4. The molecule has 7 heteroatoms. The van der Waals surface area contributed by atoms with Crippen LogP contribution in [0.1, 0.15) is 15.9 Å². The van der Waals surface area contributed by atoms with Gasteiger partial charge in [-0.3, -0.25) is 10.1 Å². The Hall–Kier alpha value is -1.83. The fourth-order valence-electron chi connectivity index (χ4n) is 2.02. The largest absolute Gasteiger partial charge is 0.308 e. The quantitative estimate of drug-likeness (QED) is 0.616. The van der Waals surface area contributed by atoms with Crippen molar-refractivity contribution in [3.63, 3.8) is 0 Å². The molecule has 1 heterocycles. The SMILES string of the molecule is Cc1ccc2nc(NC(=S)NC(=O)c3cccc(Br)c3)sc2c1. The summed E-state index contributed by atoms with van der Waals surface area (Å²) in [5.41, 5.74) is 2.62. The number of fused-ring (bicyclic) bond motifs is 1. The summed E-state index contributed by atoms with van der Waals surface area (Å²) >= 11 is 10.0. The number of thiocarbonyl (C=S) groups is 1. The van der Waals surface area contributed by atoms with E-state index in [4.69, 9.17) is 12.2 Å². The van der Waals surface area contributed by atoms with Gasteiger partial charge in [0.1, 0.15) is 0 Å². The average Bonchev–Trinajstić information content (AvgIpc) is 2.88. The topological polar surface area (TPSA) is 54.0 Å². The molecule has 1 amide bonds. The van der Waals surface area contributed by atoms with Crippen molar-refractivity contribution in [2.75, 3.05) is 5.32 Å². The van der Waals surface area contributed by atoms with E-state index in [2.05, 4.69) is 37.6 Å². The molecule has 0 atom stereocenters. The van der Waals surface area contributed by atoms with Gasteiger partial charge in [0.25, 0.3) is 5.91 Å². The van der Waals surface area contributed by atoms with Crippen molar-refractivity contribution in [3.8, 4) is 0 Å². The van der Waals surface area contributed by atoms with Crippen LogP contribution in [-0.4, -0.2) is 16.0 Å². The maximum Gasteiger partial charge on any atom is 0.257 e. The Labute approximate surface area is 151 Å². The van der Waals surface area contributed by atoms with Crippen LogP contribution in [0.25, 0.3) is 10.2 Å². The maximum absolute atomic E-state index is 12.1. The number of anilines is 1. The Kier molecular flexibility index (Phi) is 4.70. The molecule has 3 aromatic rings. The predicted octanol–water partition coefficient (Wildman–Crippen LogP) is 4.49. The van der Waals surface area contributed by atoms with Gasteiger partial charge >= 0.3 is 0 Å². The molecule has 2 aromatic carbocycles. The van der Waals surface area contributed by atoms with Crippen LogP contribution < -0.4 is 10.6 Å². The molecule has 1 aromatic heterocycles. The average molecular weight is 406 g/mol. The molecule has 0 spiro atoms. The molecule has 3 rings (SSSR count). The number of amides is 1. The number of carbonyl (C=O) groups is 1. The first kappa shape index (κ1) is 16.0. The molecule has 0 bridgehead atoms. The van der Waals surface area contributed by atoms with Crippen LogP contribution >= 0.6 is 39.5 Å². The number of nitrogens with one attached hydrogen (secondary N) is 2. The molecule has 116 valence electrons. The van der Waals surface area contributed by atoms with E-state index in [-0.39, 0.29) is 11.0 Å². The highest BCUT2D eigenvalue weighted by molar-refractivity contribution is 9.10. The Morgan fingerprint density at radius 2 is 2.09 bits per heavy atom. The minimum Gasteiger partial charge on any atom is -0.308 e. The molecule has 0 aliphatic rings. The molecule has 0 saturated heterocycles. The zero-order valence-electron chi connectivity index (χ0n) is 12.1. The van der Waals surface area contributed by atoms with Gasteiger partial charge in [0.15, 0.2) is 10.2 Å². The lowest BCUT2D eigenvalue weighted by Gasteiger charge is -2.07. The van der Waals surface area contributed by atoms with Crippen molar-refractivity contribution in [1.29, 1.82) is 0 Å². The van der Waals surface area contributed by atoms with Crippen LogP contribution in [0.15, 0.2) is 46.9 Å². The molecule has 0 aliphatic carbocycles. The van der Waals surface area contributed by atoms with Gasteiger partial charge in [-0.25, -0.2) is 4.98 Å². The number of hydrogen-bond donors (Lipinski definition) is 2. The van der Waals surface area contributed by atoms with Gasteiger partial charge in [-0.15, -0.1) is 0 Å². The van der Waals surface area contributed by atoms with E-state index in [1.165, 1.54) is 16.9 Å². The van der Waals surface area contributed by atoms with Crippen molar-refractivity contribution in [2.24, 2.45) is 0 Å². The van der Waals surface area contributed by atoms with Crippen molar-refractivity contribution in [2.45, 2.75) is 6.92 Å². The number of rotatable bonds is 2. The van der Waals surface area contributed by atoms with Crippen LogP contribution in [0.4, 0.5) is 5.13 Å². The lowest BCUT2D eigenvalue weighted by molar-refractivity contribution is 0.0977. The highest BCUT2D eigenvalue weighted by Gasteiger charge is 2.10. The molecule has 0 saturated carbocycles. The van der Waals surface area contributed by atoms with Crippen LogP contribution in [0.5, 0.6) is 0 Å². The van der Waals surface area contributed by atoms with E-state index in [1.54, 1.807) is 18.2 Å². The number of halogens is 1. The number of benzene rings is 2. The van der Waals surface area contributed by atoms with Crippen LogP contribution in [0, 0.1) is 6.92 Å². The van der Waals surface area contributed by atoms with Crippen LogP contribution in [0.3, 0.4) is 0 Å². The Morgan fingerprint density at radius 1 is 1.26 bits per heavy atom. The van der Waals surface area contributed by atoms with Crippen LogP contribution in [0.2, 0.25) is 0 Å². The Morgan fingerprint density at radius 3 is 2.87 bits per heavy atom. The zero-order valence-corrected chi connectivity index (χ0v) is 15.3. The third kappa shape index (κ3) is 3.93. The van der Waals surface area contributed by atoms with Crippen molar-refractivity contribution in [3.05, 3.63) is 58.1 Å². The maximum atomic E-state index is 12.1. The van der Waals surface area contributed by atoms with E-state index in [1.807, 2.05) is 25.1 Å². The van der Waals surface area contributed by atoms with E-state index < -0.39 is 0 Å². The molecular formula is C16H12BrN3OS2. The number of aromatic nitrogens is 1. The number of carbonyl (C=O) groups excluding carboxylic acids is 1. The molecule has 0 unspecified atom stereocenters. The molecule has 0 fully saturated rings. The first-order valence-electron chi connectivity index (χ1n) is 6.76. The molecule has 0 aliphatic heterocycles. The van der Waals surface area contributed by atoms with E-state index in [0.717, 1.165) is 14.7 Å². The number of aryl methyl sites for hydroxylation is 1. The van der Waals surface area contributed by atoms with Gasteiger partial charge in [-0.2, -0.15) is 0 Å². The van der Waals surface area contributed by atoms with E-state index >= 15 is 0 Å². The molecule has 23 heavy (non-hydrogen) atoms. The monoisotopic (exact) mass is 405 g/mol. The zero-order chi connectivity index (χ0) is 16.4. The second-order valence-electron chi connectivity index (χ2n) is 4.91. The number of thiazole rings is 1. The second kappa shape index (κ2) is 6.74. The first-order valence-corrected chi connectivity index (χ1v) is 8.78. The van der Waals surface area contributed by atoms with Crippen molar-refractivity contribution in [1.82, 2.24) is 10.3 Å². The highest BCUT2D eigenvalue weighted by Crippen LogP contribution is 2.26. The minimum absolute atomic E-state index is 0.228. The summed E-state index contributed by atoms with van der Waals surface area (Å²) in [5, 5.41) is 6.50. The summed E-state index contributed by atoms with van der Waals surface area (Å²) in [5.74, 6) is -0.263. The Bertz CT molecular complexity index is 907. The van der Waals surface area contributed by atoms with Crippen molar-refractivity contribution >= 4 is 65.9 Å². The summed E-state index contributed by atoms with van der Waals surface area (Å²) < 4.78 is 1.92. The third-order valence-electron chi connectivity index (χ3n) is 3.08. The number of nitrogens with zero attached hydrogens (tertiary/aromatic N) is 1. The van der Waals surface area contributed by atoms with Gasteiger partial charge in [-0.05, 0) is 55.0 Å². The fraction of sp³-hybridized carbons (Fsp3) is 0.0625. The summed E-state index contributed by atoms with van der Waals surface area (Å²) in [7, 11) is 0. The highest BCUT2D eigenvalue weighted by atomic mass is 79.9. The molecular weight excluding hydrogens is 394 g/mol. The van der Waals surface area contributed by atoms with Crippen molar-refractivity contribution < 1.29 is 4.79 Å². The fourth-order valence-corrected chi connectivity index (χ4v) is 3.64. The van der Waals surface area contributed by atoms with Gasteiger partial charge in [-0.1, -0.05) is 39.4 Å². The summed E-state index contributed by atoms with van der Waals surface area (Å²) in [6.07, 6.45) is 0. The molecule has 2 N–H and O–H groups in total. The smallest absolute Gasteiger partial charge is 0.257 e. The predicted molar refractivity (Wildman–Crippen MR) is 102 cm³/mol. The molecule has 0 radical (unpaired) electrons. The van der Waals surface area contributed by atoms with Gasteiger partial charge in [0.2, 0.25) is 0 Å². The van der Waals surface area contributed by atoms with Gasteiger partial charge in [0.05, 0.1) is 10.2 Å². The van der Waals surface area contributed by atoms with Crippen LogP contribution in [-0.2, 0) is 0 Å². The second-order valence-corrected chi connectivity index (χ2v) is 7.26. The standard InChI is InChI=1S/C16H12BrN3OS2/c1-9-5-6-12-13(7-9)23-16(18-12)20-15(22)19-14(21)10-3-2-4-11(17)8-10/h2-8H,1H3,(H2,18,19,20,21,22). The van der Waals surface area contributed by atoms with E-state index in [9.17, 15) is 4.79 Å². The summed E-state index contributed by atoms with van der Waals surface area (Å²) in [4.78, 5) is 16.6. The lowest BCUT2D eigenvalue weighted by atomic mass is 10.2. The third-order valence-corrected chi connectivity index (χ3v) is 4.71. The molecule has 4 nitrogen and oxygen atoms in total.